The van der Waals surface area contributed by atoms with E-state index in [1.165, 1.54) is 11.9 Å². The highest BCUT2D eigenvalue weighted by atomic mass is 19.1. The number of nitrogens with zero attached hydrogens (tertiary/aromatic N) is 5. The van der Waals surface area contributed by atoms with Crippen molar-refractivity contribution in [3.05, 3.63) is 84.1 Å². The molecule has 2 aromatic heterocycles. The van der Waals surface area contributed by atoms with Crippen molar-refractivity contribution in [1.82, 2.24) is 24.8 Å². The Balaban J connectivity index is 1.30. The third kappa shape index (κ3) is 5.83. The van der Waals surface area contributed by atoms with Gasteiger partial charge in [-0.05, 0) is 49.9 Å². The Hall–Kier alpha value is -4.35. The van der Waals surface area contributed by atoms with Crippen LogP contribution in [0.1, 0.15) is 22.3 Å². The van der Waals surface area contributed by atoms with E-state index in [0.29, 0.717) is 28.9 Å². The normalized spacial score (nSPS) is 18.0. The van der Waals surface area contributed by atoms with Crippen LogP contribution in [0.2, 0.25) is 0 Å². The summed E-state index contributed by atoms with van der Waals surface area (Å²) in [6.45, 7) is 10.3. The molecule has 218 valence electrons. The van der Waals surface area contributed by atoms with E-state index >= 15 is 0 Å². The van der Waals surface area contributed by atoms with Crippen LogP contribution in [0.3, 0.4) is 0 Å². The summed E-state index contributed by atoms with van der Waals surface area (Å²) in [6.07, 6.45) is 4.27. The topological polar surface area (TPSA) is 92.4 Å². The third-order valence-electron chi connectivity index (χ3n) is 7.94. The number of hydrogen-bond acceptors (Lipinski definition) is 8. The van der Waals surface area contributed by atoms with Gasteiger partial charge in [0.05, 0.1) is 16.5 Å². The van der Waals surface area contributed by atoms with E-state index < -0.39 is 17.4 Å². The number of hydrogen-bond donors (Lipinski definition) is 3. The first-order valence-electron chi connectivity index (χ1n) is 14.2. The number of H-pyrrole nitrogens is 1. The molecule has 0 amide bonds. The zero-order valence-corrected chi connectivity index (χ0v) is 23.5. The highest BCUT2D eigenvalue weighted by molar-refractivity contribution is 6.18. The van der Waals surface area contributed by atoms with E-state index in [1.807, 2.05) is 18.2 Å². The van der Waals surface area contributed by atoms with Crippen LogP contribution in [0.25, 0.3) is 11.0 Å². The van der Waals surface area contributed by atoms with E-state index in [4.69, 9.17) is 4.98 Å². The number of benzene rings is 2. The fourth-order valence-corrected chi connectivity index (χ4v) is 5.63. The van der Waals surface area contributed by atoms with E-state index in [9.17, 15) is 13.6 Å². The van der Waals surface area contributed by atoms with Crippen molar-refractivity contribution in [1.29, 1.82) is 0 Å². The SMILES string of the molecule is C=CCN1CC[C@H](Nc2nc(Nc3ccc(N4CCN(C)CC4)cc3)nc3[nH]cc(C(=O)c4ccc(F)cc4F)c23)C1. The molecule has 9 nitrogen and oxygen atoms in total. The van der Waals surface area contributed by atoms with Crippen LogP contribution in [0.15, 0.2) is 61.3 Å². The Bertz CT molecular complexity index is 1600. The molecule has 0 unspecified atom stereocenters. The number of likely N-dealkylation sites (N-methyl/N-ethyl adjacent to an activating group) is 1. The van der Waals surface area contributed by atoms with Crippen molar-refractivity contribution in [2.45, 2.75) is 12.5 Å². The lowest BCUT2D eigenvalue weighted by molar-refractivity contribution is 0.103. The molecule has 4 aromatic rings. The third-order valence-corrected chi connectivity index (χ3v) is 7.94. The van der Waals surface area contributed by atoms with Crippen LogP contribution < -0.4 is 15.5 Å². The molecule has 2 fully saturated rings. The summed E-state index contributed by atoms with van der Waals surface area (Å²) in [7, 11) is 2.14. The molecule has 42 heavy (non-hydrogen) atoms. The molecule has 6 rings (SSSR count). The zero-order valence-electron chi connectivity index (χ0n) is 23.5. The van der Waals surface area contributed by atoms with Gasteiger partial charge in [0, 0.05) is 75.5 Å². The molecule has 3 N–H and O–H groups in total. The number of likely N-dealkylation sites (tertiary alicyclic amines) is 1. The molecule has 2 aromatic carbocycles. The molecular formula is C31H34F2N8O. The van der Waals surface area contributed by atoms with Crippen molar-refractivity contribution in [2.24, 2.45) is 0 Å². The van der Waals surface area contributed by atoms with Crippen molar-refractivity contribution >= 4 is 40.0 Å². The van der Waals surface area contributed by atoms with Gasteiger partial charge in [0.1, 0.15) is 23.1 Å². The van der Waals surface area contributed by atoms with Crippen LogP contribution >= 0.6 is 0 Å². The molecule has 0 saturated carbocycles. The minimum absolute atomic E-state index is 0.0826. The Morgan fingerprint density at radius 2 is 1.86 bits per heavy atom. The summed E-state index contributed by atoms with van der Waals surface area (Å²) in [5, 5.41) is 7.26. The van der Waals surface area contributed by atoms with Gasteiger partial charge in [-0.2, -0.15) is 9.97 Å². The second-order valence-electron chi connectivity index (χ2n) is 10.9. The van der Waals surface area contributed by atoms with Crippen LogP contribution in [-0.4, -0.2) is 89.4 Å². The first-order chi connectivity index (χ1) is 20.4. The number of nitrogens with one attached hydrogen (secondary N) is 3. The largest absolute Gasteiger partial charge is 0.369 e. The Kier molecular flexibility index (Phi) is 7.86. The summed E-state index contributed by atoms with van der Waals surface area (Å²) >= 11 is 0. The minimum atomic E-state index is -0.918. The molecule has 0 radical (unpaired) electrons. The highest BCUT2D eigenvalue weighted by Gasteiger charge is 2.26. The molecule has 0 spiro atoms. The number of fused-ring (bicyclic) bond motifs is 1. The summed E-state index contributed by atoms with van der Waals surface area (Å²) in [5.41, 5.74) is 2.41. The lowest BCUT2D eigenvalue weighted by Crippen LogP contribution is -2.44. The second-order valence-corrected chi connectivity index (χ2v) is 10.9. The molecule has 4 heterocycles. The average Bonchev–Trinajstić information content (AvgIpc) is 3.61. The first kappa shape index (κ1) is 27.8. The molecule has 0 aliphatic carbocycles. The Morgan fingerprint density at radius 1 is 1.07 bits per heavy atom. The highest BCUT2D eigenvalue weighted by Crippen LogP contribution is 2.31. The Morgan fingerprint density at radius 3 is 2.60 bits per heavy atom. The molecule has 11 heteroatoms. The Labute approximate surface area is 243 Å². The van der Waals surface area contributed by atoms with Gasteiger partial charge in [-0.1, -0.05) is 6.08 Å². The van der Waals surface area contributed by atoms with Crippen molar-refractivity contribution < 1.29 is 13.6 Å². The molecule has 0 bridgehead atoms. The van der Waals surface area contributed by atoms with Gasteiger partial charge in [-0.15, -0.1) is 6.58 Å². The summed E-state index contributed by atoms with van der Waals surface area (Å²) < 4.78 is 28.1. The van der Waals surface area contributed by atoms with E-state index in [-0.39, 0.29) is 17.2 Å². The van der Waals surface area contributed by atoms with Gasteiger partial charge in [0.2, 0.25) is 5.95 Å². The van der Waals surface area contributed by atoms with E-state index in [2.05, 4.69) is 61.1 Å². The maximum Gasteiger partial charge on any atom is 0.231 e. The van der Waals surface area contributed by atoms with Crippen molar-refractivity contribution in [3.8, 4) is 0 Å². The van der Waals surface area contributed by atoms with Gasteiger partial charge in [0.25, 0.3) is 0 Å². The average molecular weight is 573 g/mol. The maximum absolute atomic E-state index is 14.6. The fraction of sp³-hybridized carbons (Fsp3) is 0.323. The molecule has 2 aliphatic rings. The quantitative estimate of drug-likeness (QED) is 0.198. The number of halogens is 2. The fourth-order valence-electron chi connectivity index (χ4n) is 5.63. The number of aromatic nitrogens is 3. The number of carbonyl (C=O) groups excluding carboxylic acids is 1. The number of anilines is 4. The van der Waals surface area contributed by atoms with Crippen molar-refractivity contribution in [3.63, 3.8) is 0 Å². The summed E-state index contributed by atoms with van der Waals surface area (Å²) in [4.78, 5) is 32.9. The number of ketones is 1. The van der Waals surface area contributed by atoms with Gasteiger partial charge in [-0.3, -0.25) is 9.69 Å². The number of piperazine rings is 1. The van der Waals surface area contributed by atoms with Gasteiger partial charge >= 0.3 is 0 Å². The van der Waals surface area contributed by atoms with Crippen molar-refractivity contribution in [2.75, 3.05) is 68.4 Å². The molecule has 1 atom stereocenters. The molecular weight excluding hydrogens is 538 g/mol. The van der Waals surface area contributed by atoms with E-state index in [1.54, 1.807) is 0 Å². The predicted molar refractivity (Wildman–Crippen MR) is 162 cm³/mol. The number of rotatable bonds is 9. The predicted octanol–water partition coefficient (Wildman–Crippen LogP) is 4.63. The molecule has 2 aliphatic heterocycles. The van der Waals surface area contributed by atoms with Crippen LogP contribution in [-0.2, 0) is 0 Å². The lowest BCUT2D eigenvalue weighted by Gasteiger charge is -2.34. The second kappa shape index (κ2) is 11.9. The van der Waals surface area contributed by atoms with Crippen LogP contribution in [0, 0.1) is 11.6 Å². The summed E-state index contributed by atoms with van der Waals surface area (Å²) in [5.74, 6) is -1.42. The van der Waals surface area contributed by atoms with Gasteiger partial charge in [-0.25, -0.2) is 8.78 Å². The molecule has 2 saturated heterocycles. The van der Waals surface area contributed by atoms with E-state index in [0.717, 1.165) is 70.1 Å². The van der Waals surface area contributed by atoms with Crippen LogP contribution in [0.4, 0.5) is 31.9 Å². The maximum atomic E-state index is 14.6. The standard InChI is InChI=1S/C31H34F2N8O/c1-3-11-40-12-10-22(19-40)35-30-27-25(28(42)24-9-4-20(32)17-26(24)33)18-34-29(27)37-31(38-30)36-21-5-7-23(8-6-21)41-15-13-39(2)14-16-41/h3-9,17-18,22H,1,10-16,19H2,2H3,(H3,34,35,36,37,38)/t22-/m0/s1. The van der Waals surface area contributed by atoms with Gasteiger partial charge in [0.15, 0.2) is 5.78 Å². The minimum Gasteiger partial charge on any atom is -0.369 e. The van der Waals surface area contributed by atoms with Crippen LogP contribution in [0.5, 0.6) is 0 Å². The number of aromatic amines is 1. The smallest absolute Gasteiger partial charge is 0.231 e. The number of carbonyl (C=O) groups is 1. The lowest BCUT2D eigenvalue weighted by atomic mass is 10.0. The monoisotopic (exact) mass is 572 g/mol. The van der Waals surface area contributed by atoms with Gasteiger partial charge < -0.3 is 25.4 Å². The summed E-state index contributed by atoms with van der Waals surface area (Å²) in [6, 6.07) is 11.2. The first-order valence-corrected chi connectivity index (χ1v) is 14.2. The zero-order chi connectivity index (χ0) is 29.2.